The molecule has 2 heterocycles. The molecule has 1 saturated carbocycles. The Morgan fingerprint density at radius 3 is 2.61 bits per heavy atom. The molecule has 0 aromatic carbocycles. The highest BCUT2D eigenvalue weighted by Crippen LogP contribution is 2.25. The van der Waals surface area contributed by atoms with E-state index < -0.39 is 16.1 Å². The zero-order valence-electron chi connectivity index (χ0n) is 15.7. The van der Waals surface area contributed by atoms with Gasteiger partial charge in [0.2, 0.25) is 21.8 Å². The predicted molar refractivity (Wildman–Crippen MR) is 109 cm³/mol. The molecule has 0 bridgehead atoms. The molecule has 1 atom stereocenters. The zero-order chi connectivity index (χ0) is 20.1. The van der Waals surface area contributed by atoms with Crippen LogP contribution >= 0.6 is 22.9 Å². The van der Waals surface area contributed by atoms with E-state index in [0.29, 0.717) is 12.5 Å². The summed E-state index contributed by atoms with van der Waals surface area (Å²) >= 11 is 6.95. The topological polar surface area (TPSA) is 86.8 Å². The third-order valence-corrected chi connectivity index (χ3v) is 8.46. The first-order valence-electron chi connectivity index (χ1n) is 9.59. The van der Waals surface area contributed by atoms with Crippen LogP contribution in [0.4, 0.5) is 0 Å². The van der Waals surface area contributed by atoms with Gasteiger partial charge in [-0.05, 0) is 30.2 Å². The number of nitrogens with zero attached hydrogens (tertiary/aromatic N) is 2. The van der Waals surface area contributed by atoms with E-state index in [-0.39, 0.29) is 42.2 Å². The Morgan fingerprint density at radius 2 is 1.96 bits per heavy atom. The van der Waals surface area contributed by atoms with Gasteiger partial charge in [0, 0.05) is 31.6 Å². The molecule has 1 aromatic heterocycles. The van der Waals surface area contributed by atoms with Crippen LogP contribution in [0.1, 0.15) is 32.1 Å². The first-order chi connectivity index (χ1) is 13.4. The monoisotopic (exact) mass is 447 g/mol. The number of hydrogen-bond donors (Lipinski definition) is 1. The van der Waals surface area contributed by atoms with Crippen molar-refractivity contribution in [2.75, 3.05) is 32.1 Å². The molecule has 0 radical (unpaired) electrons. The molecule has 1 N–H and O–H groups in total. The molecular formula is C18H26ClN3O4S2. The van der Waals surface area contributed by atoms with E-state index in [1.807, 2.05) is 0 Å². The van der Waals surface area contributed by atoms with Crippen molar-refractivity contribution in [2.24, 2.45) is 5.92 Å². The van der Waals surface area contributed by atoms with E-state index in [9.17, 15) is 18.0 Å². The first kappa shape index (κ1) is 21.5. The van der Waals surface area contributed by atoms with Crippen LogP contribution in [-0.4, -0.2) is 67.5 Å². The van der Waals surface area contributed by atoms with Gasteiger partial charge < -0.3 is 10.2 Å². The van der Waals surface area contributed by atoms with E-state index in [1.165, 1.54) is 45.9 Å². The number of carbonyl (C=O) groups is 2. The molecule has 2 fully saturated rings. The number of carbonyl (C=O) groups excluding carboxylic acids is 2. The number of hydrogen-bond acceptors (Lipinski definition) is 5. The van der Waals surface area contributed by atoms with Crippen LogP contribution in [-0.2, 0) is 19.6 Å². The third kappa shape index (κ3) is 4.87. The van der Waals surface area contributed by atoms with Gasteiger partial charge in [0.05, 0.1) is 4.90 Å². The minimum absolute atomic E-state index is 0.0193. The van der Waals surface area contributed by atoms with Gasteiger partial charge >= 0.3 is 0 Å². The summed E-state index contributed by atoms with van der Waals surface area (Å²) in [6, 6.07) is 0.585. The van der Waals surface area contributed by atoms with Gasteiger partial charge in [-0.15, -0.1) is 11.6 Å². The standard InChI is InChI=1S/C18H26ClN3O4S2/c19-10-17(23)21-7-8-22(28(25,26)15-6-9-27-13-15)16(12-21)18(24)20-11-14-4-2-1-3-5-14/h6,9,13-14,16H,1-5,7-8,10-12H2,(H,20,24)/t16-/m0/s1. The van der Waals surface area contributed by atoms with Crippen molar-refractivity contribution in [3.63, 3.8) is 0 Å². The van der Waals surface area contributed by atoms with Crippen LogP contribution in [0.25, 0.3) is 0 Å². The van der Waals surface area contributed by atoms with Gasteiger partial charge in [-0.3, -0.25) is 9.59 Å². The molecule has 10 heteroatoms. The number of sulfonamides is 1. The number of rotatable bonds is 6. The van der Waals surface area contributed by atoms with Crippen molar-refractivity contribution < 1.29 is 18.0 Å². The SMILES string of the molecule is O=C(NCC1CCCCC1)[C@@H]1CN(C(=O)CCl)CCN1S(=O)(=O)c1ccsc1. The van der Waals surface area contributed by atoms with E-state index >= 15 is 0 Å². The van der Waals surface area contributed by atoms with Gasteiger partial charge in [-0.2, -0.15) is 15.6 Å². The van der Waals surface area contributed by atoms with Gasteiger partial charge in [0.25, 0.3) is 0 Å². The second kappa shape index (κ2) is 9.56. The van der Waals surface area contributed by atoms with E-state index in [4.69, 9.17) is 11.6 Å². The molecule has 1 saturated heterocycles. The number of nitrogens with one attached hydrogen (secondary N) is 1. The smallest absolute Gasteiger partial charge is 0.244 e. The largest absolute Gasteiger partial charge is 0.354 e. The molecule has 3 rings (SSSR count). The number of piperazine rings is 1. The van der Waals surface area contributed by atoms with E-state index in [0.717, 1.165) is 12.8 Å². The molecule has 28 heavy (non-hydrogen) atoms. The molecule has 1 aromatic rings. The molecular weight excluding hydrogens is 422 g/mol. The lowest BCUT2D eigenvalue weighted by atomic mass is 9.89. The summed E-state index contributed by atoms with van der Waals surface area (Å²) in [4.78, 5) is 26.6. The molecule has 0 unspecified atom stereocenters. The van der Waals surface area contributed by atoms with Crippen molar-refractivity contribution in [1.29, 1.82) is 0 Å². The van der Waals surface area contributed by atoms with Gasteiger partial charge in [0.1, 0.15) is 11.9 Å². The molecule has 7 nitrogen and oxygen atoms in total. The van der Waals surface area contributed by atoms with Crippen molar-refractivity contribution in [3.8, 4) is 0 Å². The van der Waals surface area contributed by atoms with E-state index in [1.54, 1.807) is 10.8 Å². The number of thiophene rings is 1. The van der Waals surface area contributed by atoms with Crippen LogP contribution in [0.15, 0.2) is 21.7 Å². The van der Waals surface area contributed by atoms with Crippen LogP contribution in [0, 0.1) is 5.92 Å². The Morgan fingerprint density at radius 1 is 1.21 bits per heavy atom. The Kier molecular flexibility index (Phi) is 7.36. The minimum atomic E-state index is -3.80. The van der Waals surface area contributed by atoms with Crippen molar-refractivity contribution in [3.05, 3.63) is 16.8 Å². The highest BCUT2D eigenvalue weighted by atomic mass is 35.5. The molecule has 2 amide bonds. The van der Waals surface area contributed by atoms with Crippen LogP contribution in [0.2, 0.25) is 0 Å². The number of halogens is 1. The fourth-order valence-corrected chi connectivity index (χ4v) is 6.62. The Hall–Kier alpha value is -1.16. The second-order valence-electron chi connectivity index (χ2n) is 7.31. The van der Waals surface area contributed by atoms with Gasteiger partial charge in [-0.25, -0.2) is 8.42 Å². The maximum absolute atomic E-state index is 13.0. The van der Waals surface area contributed by atoms with Crippen LogP contribution in [0.5, 0.6) is 0 Å². The molecule has 156 valence electrons. The van der Waals surface area contributed by atoms with Crippen LogP contribution < -0.4 is 5.32 Å². The number of alkyl halides is 1. The van der Waals surface area contributed by atoms with Gasteiger partial charge in [0.15, 0.2) is 0 Å². The van der Waals surface area contributed by atoms with Gasteiger partial charge in [-0.1, -0.05) is 19.3 Å². The highest BCUT2D eigenvalue weighted by Gasteiger charge is 2.41. The van der Waals surface area contributed by atoms with Crippen LogP contribution in [0.3, 0.4) is 0 Å². The van der Waals surface area contributed by atoms with Crippen molar-refractivity contribution in [2.45, 2.75) is 43.0 Å². The number of amides is 2. The summed E-state index contributed by atoms with van der Waals surface area (Å²) < 4.78 is 27.3. The second-order valence-corrected chi connectivity index (χ2v) is 10.3. The Balaban J connectivity index is 1.75. The normalized spacial score (nSPS) is 22.2. The summed E-state index contributed by atoms with van der Waals surface area (Å²) in [5.41, 5.74) is 0. The first-order valence-corrected chi connectivity index (χ1v) is 12.5. The third-order valence-electron chi connectivity index (χ3n) is 5.49. The Bertz CT molecular complexity index is 779. The average molecular weight is 448 g/mol. The van der Waals surface area contributed by atoms with Crippen molar-refractivity contribution in [1.82, 2.24) is 14.5 Å². The predicted octanol–water partition coefficient (Wildman–Crippen LogP) is 1.88. The molecule has 1 aliphatic carbocycles. The average Bonchev–Trinajstić information content (AvgIpc) is 3.27. The maximum Gasteiger partial charge on any atom is 0.244 e. The summed E-state index contributed by atoms with van der Waals surface area (Å²) in [6.45, 7) is 0.861. The van der Waals surface area contributed by atoms with E-state index in [2.05, 4.69) is 5.32 Å². The lowest BCUT2D eigenvalue weighted by molar-refractivity contribution is -0.134. The molecule has 1 aliphatic heterocycles. The lowest BCUT2D eigenvalue weighted by Gasteiger charge is -2.39. The highest BCUT2D eigenvalue weighted by molar-refractivity contribution is 7.89. The molecule has 2 aliphatic rings. The fourth-order valence-electron chi connectivity index (χ4n) is 3.87. The maximum atomic E-state index is 13.0. The summed E-state index contributed by atoms with van der Waals surface area (Å²) in [5.74, 6) is -0.396. The molecule has 0 spiro atoms. The van der Waals surface area contributed by atoms with Crippen molar-refractivity contribution >= 4 is 44.8 Å². The quantitative estimate of drug-likeness (QED) is 0.674. The zero-order valence-corrected chi connectivity index (χ0v) is 18.1. The fraction of sp³-hybridized carbons (Fsp3) is 0.667. The minimum Gasteiger partial charge on any atom is -0.354 e. The lowest BCUT2D eigenvalue weighted by Crippen LogP contribution is -2.61. The summed E-state index contributed by atoms with van der Waals surface area (Å²) in [7, 11) is -3.80. The Labute approximate surface area is 175 Å². The summed E-state index contributed by atoms with van der Waals surface area (Å²) in [5, 5.41) is 6.18. The summed E-state index contributed by atoms with van der Waals surface area (Å²) in [6.07, 6.45) is 5.73.